The second-order valence-electron chi connectivity index (χ2n) is 2.63. The Morgan fingerprint density at radius 3 is 3.00 bits per heavy atom. The van der Waals surface area contributed by atoms with Crippen LogP contribution in [0.4, 0.5) is 0 Å². The summed E-state index contributed by atoms with van der Waals surface area (Å²) in [5.41, 5.74) is 0.622. The monoisotopic (exact) mass is 252 g/mol. The van der Waals surface area contributed by atoms with E-state index in [1.165, 1.54) is 0 Å². The van der Waals surface area contributed by atoms with Crippen LogP contribution >= 0.6 is 15.9 Å². The summed E-state index contributed by atoms with van der Waals surface area (Å²) in [6, 6.07) is 7.16. The average Bonchev–Trinajstić information content (AvgIpc) is 2.18. The zero-order valence-electron chi connectivity index (χ0n) is 7.50. The Balaban J connectivity index is 2.57. The smallest absolute Gasteiger partial charge is 0.188 e. The molecule has 0 aromatic heterocycles. The number of ketones is 1. The van der Waals surface area contributed by atoms with E-state index in [1.54, 1.807) is 18.2 Å². The summed E-state index contributed by atoms with van der Waals surface area (Å²) in [5, 5.41) is 0. The maximum atomic E-state index is 11.5. The predicted molar refractivity (Wildman–Crippen MR) is 58.1 cm³/mol. The van der Waals surface area contributed by atoms with Crippen LogP contribution in [-0.4, -0.2) is 19.0 Å². The lowest BCUT2D eigenvalue weighted by Crippen LogP contribution is -2.09. The molecule has 2 nitrogen and oxygen atoms in total. The first-order valence-corrected chi connectivity index (χ1v) is 4.83. The van der Waals surface area contributed by atoms with Crippen molar-refractivity contribution in [3.05, 3.63) is 34.3 Å². The molecule has 0 aliphatic carbocycles. The molecule has 72 valence electrons. The molecule has 0 unspecified atom stereocenters. The van der Waals surface area contributed by atoms with Gasteiger partial charge in [0.15, 0.2) is 5.78 Å². The number of rotatable bonds is 4. The highest BCUT2D eigenvalue weighted by molar-refractivity contribution is 9.10. The van der Waals surface area contributed by atoms with Gasteiger partial charge in [-0.25, -0.2) is 0 Å². The Kier molecular flexibility index (Phi) is 4.37. The Bertz CT molecular complexity index is 366. The molecule has 0 amide bonds. The number of benzene rings is 1. The van der Waals surface area contributed by atoms with Crippen molar-refractivity contribution in [1.29, 1.82) is 0 Å². The molecule has 3 heteroatoms. The summed E-state index contributed by atoms with van der Waals surface area (Å²) in [5.74, 6) is 2.23. The van der Waals surface area contributed by atoms with Crippen molar-refractivity contribution in [2.75, 3.05) is 13.2 Å². The average molecular weight is 253 g/mol. The summed E-state index contributed by atoms with van der Waals surface area (Å²) < 4.78 is 5.81. The highest BCUT2D eigenvalue weighted by Crippen LogP contribution is 2.11. The van der Waals surface area contributed by atoms with Crippen LogP contribution in [0.15, 0.2) is 28.7 Å². The number of terminal acetylenes is 1. The van der Waals surface area contributed by atoms with Crippen molar-refractivity contribution in [3.63, 3.8) is 0 Å². The second kappa shape index (κ2) is 5.58. The first-order valence-electron chi connectivity index (χ1n) is 4.04. The summed E-state index contributed by atoms with van der Waals surface area (Å²) in [6.07, 6.45) is 4.98. The van der Waals surface area contributed by atoms with E-state index in [0.29, 0.717) is 5.56 Å². The van der Waals surface area contributed by atoms with Gasteiger partial charge in [-0.1, -0.05) is 34.0 Å². The van der Waals surface area contributed by atoms with Crippen molar-refractivity contribution in [2.45, 2.75) is 0 Å². The number of carbonyl (C=O) groups is 1. The Hall–Kier alpha value is -1.11. The highest BCUT2D eigenvalue weighted by atomic mass is 79.9. The molecular formula is C11H9BrO2. The van der Waals surface area contributed by atoms with Gasteiger partial charge in [0, 0.05) is 10.0 Å². The number of ether oxygens (including phenoxy) is 1. The standard InChI is InChI=1S/C11H9BrO2/c1-2-6-14-8-11(13)9-4-3-5-10(12)7-9/h1,3-5,7H,6,8H2. The van der Waals surface area contributed by atoms with Gasteiger partial charge in [0.1, 0.15) is 13.2 Å². The lowest BCUT2D eigenvalue weighted by atomic mass is 10.1. The third-order valence-corrected chi connectivity index (χ3v) is 2.06. The zero-order valence-corrected chi connectivity index (χ0v) is 9.08. The van der Waals surface area contributed by atoms with Crippen molar-refractivity contribution in [3.8, 4) is 12.3 Å². The normalized spacial score (nSPS) is 9.43. The fraction of sp³-hybridized carbons (Fsp3) is 0.182. The van der Waals surface area contributed by atoms with Crippen molar-refractivity contribution >= 4 is 21.7 Å². The summed E-state index contributed by atoms with van der Waals surface area (Å²) in [4.78, 5) is 11.5. The molecule has 0 heterocycles. The minimum absolute atomic E-state index is 0.0284. The van der Waals surface area contributed by atoms with Gasteiger partial charge in [0.2, 0.25) is 0 Å². The van der Waals surface area contributed by atoms with Gasteiger partial charge in [-0.05, 0) is 12.1 Å². The second-order valence-corrected chi connectivity index (χ2v) is 3.55. The molecule has 1 aromatic carbocycles. The molecule has 0 saturated heterocycles. The van der Waals surface area contributed by atoms with E-state index in [1.807, 2.05) is 6.07 Å². The summed E-state index contributed by atoms with van der Waals surface area (Å²) >= 11 is 3.29. The number of hydrogen-bond donors (Lipinski definition) is 0. The van der Waals surface area contributed by atoms with Gasteiger partial charge in [0.05, 0.1) is 0 Å². The number of halogens is 1. The molecule has 0 spiro atoms. The molecule has 0 saturated carbocycles. The molecular weight excluding hydrogens is 244 g/mol. The van der Waals surface area contributed by atoms with E-state index >= 15 is 0 Å². The van der Waals surface area contributed by atoms with E-state index in [2.05, 4.69) is 21.9 Å². The van der Waals surface area contributed by atoms with Gasteiger partial charge in [0.25, 0.3) is 0 Å². The molecule has 14 heavy (non-hydrogen) atoms. The maximum absolute atomic E-state index is 11.5. The quantitative estimate of drug-likeness (QED) is 0.467. The lowest BCUT2D eigenvalue weighted by molar-refractivity contribution is 0.0812. The molecule has 0 fully saturated rings. The van der Waals surface area contributed by atoms with Crippen molar-refractivity contribution in [2.24, 2.45) is 0 Å². The van der Waals surface area contributed by atoms with Crippen LogP contribution in [0.5, 0.6) is 0 Å². The van der Waals surface area contributed by atoms with Crippen molar-refractivity contribution in [1.82, 2.24) is 0 Å². The number of hydrogen-bond acceptors (Lipinski definition) is 2. The fourth-order valence-electron chi connectivity index (χ4n) is 0.948. The van der Waals surface area contributed by atoms with Crippen LogP contribution in [0.1, 0.15) is 10.4 Å². The number of carbonyl (C=O) groups excluding carboxylic acids is 1. The third-order valence-electron chi connectivity index (χ3n) is 1.57. The molecule has 0 radical (unpaired) electrons. The maximum Gasteiger partial charge on any atom is 0.188 e. The third kappa shape index (κ3) is 3.33. The van der Waals surface area contributed by atoms with E-state index in [4.69, 9.17) is 11.2 Å². The lowest BCUT2D eigenvalue weighted by Gasteiger charge is -2.00. The van der Waals surface area contributed by atoms with Gasteiger partial charge in [-0.2, -0.15) is 0 Å². The van der Waals surface area contributed by atoms with Crippen LogP contribution < -0.4 is 0 Å². The largest absolute Gasteiger partial charge is 0.361 e. The molecule has 0 aliphatic heterocycles. The highest BCUT2D eigenvalue weighted by Gasteiger charge is 2.05. The minimum Gasteiger partial charge on any atom is -0.361 e. The van der Waals surface area contributed by atoms with Crippen LogP contribution in [0.25, 0.3) is 0 Å². The first-order chi connectivity index (χ1) is 6.74. The van der Waals surface area contributed by atoms with Crippen LogP contribution in [0.2, 0.25) is 0 Å². The van der Waals surface area contributed by atoms with Crippen LogP contribution in [-0.2, 0) is 4.74 Å². The Labute approximate surface area is 91.4 Å². The molecule has 0 bridgehead atoms. The van der Waals surface area contributed by atoms with Gasteiger partial charge >= 0.3 is 0 Å². The van der Waals surface area contributed by atoms with E-state index in [-0.39, 0.29) is 19.0 Å². The summed E-state index contributed by atoms with van der Waals surface area (Å²) in [7, 11) is 0. The zero-order chi connectivity index (χ0) is 10.4. The molecule has 0 aliphatic rings. The number of Topliss-reactive ketones (excluding diaryl/α,β-unsaturated/α-hetero) is 1. The fourth-order valence-corrected chi connectivity index (χ4v) is 1.35. The molecule has 0 atom stereocenters. The van der Waals surface area contributed by atoms with Gasteiger partial charge in [-0.3, -0.25) is 4.79 Å². The van der Waals surface area contributed by atoms with Crippen molar-refractivity contribution < 1.29 is 9.53 Å². The van der Waals surface area contributed by atoms with Crippen LogP contribution in [0, 0.1) is 12.3 Å². The Morgan fingerprint density at radius 2 is 2.36 bits per heavy atom. The van der Waals surface area contributed by atoms with Crippen LogP contribution in [0.3, 0.4) is 0 Å². The minimum atomic E-state index is -0.0680. The molecule has 1 rings (SSSR count). The van der Waals surface area contributed by atoms with Gasteiger partial charge < -0.3 is 4.74 Å². The Morgan fingerprint density at radius 1 is 1.57 bits per heavy atom. The van der Waals surface area contributed by atoms with E-state index in [9.17, 15) is 4.79 Å². The van der Waals surface area contributed by atoms with E-state index < -0.39 is 0 Å². The molecule has 1 aromatic rings. The topological polar surface area (TPSA) is 26.3 Å². The van der Waals surface area contributed by atoms with E-state index in [0.717, 1.165) is 4.47 Å². The predicted octanol–water partition coefficient (Wildman–Crippen LogP) is 2.28. The molecule has 0 N–H and O–H groups in total. The summed E-state index contributed by atoms with van der Waals surface area (Å²) in [6.45, 7) is 0.195. The SMILES string of the molecule is C#CCOCC(=O)c1cccc(Br)c1. The first kappa shape index (κ1) is 11.0. The van der Waals surface area contributed by atoms with Gasteiger partial charge in [-0.15, -0.1) is 6.42 Å².